The number of hydrogen-bond donors (Lipinski definition) is 2. The van der Waals surface area contributed by atoms with Gasteiger partial charge in [0.1, 0.15) is 0 Å². The van der Waals surface area contributed by atoms with Gasteiger partial charge in [-0.3, -0.25) is 10.1 Å². The van der Waals surface area contributed by atoms with Crippen molar-refractivity contribution in [2.24, 2.45) is 0 Å². The first kappa shape index (κ1) is 17.9. The van der Waals surface area contributed by atoms with Crippen molar-refractivity contribution in [3.63, 3.8) is 0 Å². The van der Waals surface area contributed by atoms with E-state index in [2.05, 4.69) is 27.8 Å². The summed E-state index contributed by atoms with van der Waals surface area (Å²) >= 11 is 1.60. The van der Waals surface area contributed by atoms with Crippen LogP contribution in [0.1, 0.15) is 45.1 Å². The maximum Gasteiger partial charge on any atom is 0.257 e. The third-order valence-corrected chi connectivity index (χ3v) is 6.06. The van der Waals surface area contributed by atoms with Crippen LogP contribution in [0.2, 0.25) is 0 Å². The van der Waals surface area contributed by atoms with Gasteiger partial charge in [0.2, 0.25) is 0 Å². The van der Waals surface area contributed by atoms with Crippen LogP contribution in [-0.2, 0) is 6.42 Å². The highest BCUT2D eigenvalue weighted by atomic mass is 32.1. The lowest BCUT2D eigenvalue weighted by atomic mass is 9.97. The molecule has 1 saturated heterocycles. The van der Waals surface area contributed by atoms with Crippen molar-refractivity contribution in [1.29, 1.82) is 0 Å². The number of anilines is 1. The van der Waals surface area contributed by atoms with Gasteiger partial charge in [0, 0.05) is 16.6 Å². The highest BCUT2D eigenvalue weighted by Gasteiger charge is 2.19. The fourth-order valence-corrected chi connectivity index (χ4v) is 4.50. The number of hydrogen-bond acceptors (Lipinski definition) is 4. The Hall–Kier alpha value is -2.50. The van der Waals surface area contributed by atoms with Crippen LogP contribution < -0.4 is 10.6 Å². The molecule has 1 amide bonds. The summed E-state index contributed by atoms with van der Waals surface area (Å²) in [4.78, 5) is 18.6. The second-order valence-electron chi connectivity index (χ2n) is 6.87. The van der Waals surface area contributed by atoms with Crippen LogP contribution >= 0.6 is 11.3 Å². The van der Waals surface area contributed by atoms with Crippen LogP contribution in [0.25, 0.3) is 0 Å². The number of thiazole rings is 1. The first-order chi connectivity index (χ1) is 13.3. The highest BCUT2D eigenvalue weighted by molar-refractivity contribution is 7.15. The Kier molecular flexibility index (Phi) is 5.61. The average molecular weight is 378 g/mol. The van der Waals surface area contributed by atoms with E-state index < -0.39 is 0 Å². The van der Waals surface area contributed by atoms with Crippen molar-refractivity contribution in [2.45, 2.75) is 25.2 Å². The van der Waals surface area contributed by atoms with Crippen molar-refractivity contribution in [1.82, 2.24) is 10.3 Å². The van der Waals surface area contributed by atoms with Crippen molar-refractivity contribution < 1.29 is 4.79 Å². The summed E-state index contributed by atoms with van der Waals surface area (Å²) in [6.45, 7) is 2.11. The van der Waals surface area contributed by atoms with Gasteiger partial charge in [0.05, 0.1) is 0 Å². The van der Waals surface area contributed by atoms with E-state index >= 15 is 0 Å². The third kappa shape index (κ3) is 4.43. The van der Waals surface area contributed by atoms with Crippen LogP contribution in [0.5, 0.6) is 0 Å². The van der Waals surface area contributed by atoms with Crippen molar-refractivity contribution in [3.8, 4) is 0 Å². The summed E-state index contributed by atoms with van der Waals surface area (Å²) in [6, 6.07) is 18.0. The summed E-state index contributed by atoms with van der Waals surface area (Å²) in [7, 11) is 0. The van der Waals surface area contributed by atoms with E-state index in [0.717, 1.165) is 37.9 Å². The molecule has 1 aromatic heterocycles. The predicted molar refractivity (Wildman–Crippen MR) is 111 cm³/mol. The van der Waals surface area contributed by atoms with Crippen molar-refractivity contribution in [3.05, 3.63) is 82.4 Å². The Morgan fingerprint density at radius 3 is 2.63 bits per heavy atom. The molecule has 0 aliphatic carbocycles. The van der Waals surface area contributed by atoms with E-state index in [1.807, 2.05) is 48.7 Å². The Labute approximate surface area is 163 Å². The number of rotatable bonds is 5. The molecule has 2 heterocycles. The minimum Gasteiger partial charge on any atom is -0.317 e. The van der Waals surface area contributed by atoms with Gasteiger partial charge < -0.3 is 5.32 Å². The largest absolute Gasteiger partial charge is 0.317 e. The minimum absolute atomic E-state index is 0.0901. The Morgan fingerprint density at radius 2 is 1.81 bits per heavy atom. The Balaban J connectivity index is 1.48. The van der Waals surface area contributed by atoms with Crippen LogP contribution in [0.15, 0.2) is 60.8 Å². The van der Waals surface area contributed by atoms with Gasteiger partial charge in [-0.1, -0.05) is 48.5 Å². The third-order valence-electron chi connectivity index (χ3n) is 4.98. The van der Waals surface area contributed by atoms with Gasteiger partial charge in [0.25, 0.3) is 5.91 Å². The summed E-state index contributed by atoms with van der Waals surface area (Å²) in [6.07, 6.45) is 4.93. The van der Waals surface area contributed by atoms with Crippen LogP contribution in [-0.4, -0.2) is 24.0 Å². The number of nitrogens with one attached hydrogen (secondary N) is 2. The molecule has 2 aromatic carbocycles. The smallest absolute Gasteiger partial charge is 0.257 e. The zero-order chi connectivity index (χ0) is 18.5. The van der Waals surface area contributed by atoms with E-state index in [-0.39, 0.29) is 5.91 Å². The zero-order valence-corrected chi connectivity index (χ0v) is 16.0. The summed E-state index contributed by atoms with van der Waals surface area (Å²) in [5.41, 5.74) is 2.93. The molecule has 3 aromatic rings. The number of aromatic nitrogens is 1. The topological polar surface area (TPSA) is 54.0 Å². The Bertz CT molecular complexity index is 901. The molecule has 138 valence electrons. The van der Waals surface area contributed by atoms with Crippen LogP contribution in [0.3, 0.4) is 0 Å². The van der Waals surface area contributed by atoms with E-state index in [4.69, 9.17) is 0 Å². The van der Waals surface area contributed by atoms with E-state index in [1.54, 1.807) is 11.3 Å². The van der Waals surface area contributed by atoms with Crippen LogP contribution in [0, 0.1) is 0 Å². The first-order valence-corrected chi connectivity index (χ1v) is 10.2. The molecule has 4 rings (SSSR count). The van der Waals surface area contributed by atoms with Gasteiger partial charge in [-0.25, -0.2) is 4.98 Å². The molecule has 4 nitrogen and oxygen atoms in total. The molecule has 5 heteroatoms. The van der Waals surface area contributed by atoms with Crippen molar-refractivity contribution in [2.75, 3.05) is 18.4 Å². The molecular formula is C22H23N3OS. The first-order valence-electron chi connectivity index (χ1n) is 9.39. The number of amides is 1. The maximum absolute atomic E-state index is 12.9. The van der Waals surface area contributed by atoms with Gasteiger partial charge in [-0.2, -0.15) is 0 Å². The number of benzene rings is 2. The minimum atomic E-state index is -0.0901. The van der Waals surface area contributed by atoms with E-state index in [1.165, 1.54) is 10.4 Å². The molecule has 27 heavy (non-hydrogen) atoms. The standard InChI is InChI=1S/C22H23N3OS/c26-21(25-22-24-15-20(27-22)17-10-12-23-13-11-17)19-9-5-4-8-18(19)14-16-6-2-1-3-7-16/h1-9,15,17,23H,10-14H2,(H,24,25,26). The number of nitrogens with zero attached hydrogens (tertiary/aromatic N) is 1. The van der Waals surface area contributed by atoms with Gasteiger partial charge in [-0.15, -0.1) is 11.3 Å². The van der Waals surface area contributed by atoms with Gasteiger partial charge >= 0.3 is 0 Å². The van der Waals surface area contributed by atoms with Crippen molar-refractivity contribution >= 4 is 22.4 Å². The normalized spacial score (nSPS) is 14.8. The summed E-state index contributed by atoms with van der Waals surface area (Å²) in [5, 5.41) is 7.07. The predicted octanol–water partition coefficient (Wildman–Crippen LogP) is 4.45. The lowest BCUT2D eigenvalue weighted by Crippen LogP contribution is -2.26. The molecule has 0 spiro atoms. The molecule has 1 aliphatic heterocycles. The molecule has 1 aliphatic rings. The second-order valence-corrected chi connectivity index (χ2v) is 7.93. The Morgan fingerprint density at radius 1 is 1.07 bits per heavy atom. The van der Waals surface area contributed by atoms with Gasteiger partial charge in [0.15, 0.2) is 5.13 Å². The van der Waals surface area contributed by atoms with Gasteiger partial charge in [-0.05, 0) is 55.5 Å². The van der Waals surface area contributed by atoms with Crippen LogP contribution in [0.4, 0.5) is 5.13 Å². The molecule has 0 unspecified atom stereocenters. The molecule has 0 saturated carbocycles. The molecule has 0 radical (unpaired) electrons. The molecular weight excluding hydrogens is 354 g/mol. The summed E-state index contributed by atoms with van der Waals surface area (Å²) < 4.78 is 0. The monoisotopic (exact) mass is 377 g/mol. The molecule has 1 fully saturated rings. The van der Waals surface area contributed by atoms with E-state index in [9.17, 15) is 4.79 Å². The number of carbonyl (C=O) groups excluding carboxylic acids is 1. The fourth-order valence-electron chi connectivity index (χ4n) is 3.52. The fraction of sp³-hybridized carbons (Fsp3) is 0.273. The zero-order valence-electron chi connectivity index (χ0n) is 15.2. The quantitative estimate of drug-likeness (QED) is 0.690. The van der Waals surface area contributed by atoms with E-state index in [0.29, 0.717) is 16.6 Å². The lowest BCUT2D eigenvalue weighted by molar-refractivity contribution is 0.102. The highest BCUT2D eigenvalue weighted by Crippen LogP contribution is 2.32. The lowest BCUT2D eigenvalue weighted by Gasteiger charge is -2.20. The molecule has 0 atom stereocenters. The molecule has 2 N–H and O–H groups in total. The second kappa shape index (κ2) is 8.46. The number of carbonyl (C=O) groups is 1. The molecule has 0 bridgehead atoms. The number of piperidine rings is 1. The SMILES string of the molecule is O=C(Nc1ncc(C2CCNCC2)s1)c1ccccc1Cc1ccccc1. The average Bonchev–Trinajstić information content (AvgIpc) is 3.18. The maximum atomic E-state index is 12.9. The summed E-state index contributed by atoms with van der Waals surface area (Å²) in [5.74, 6) is 0.465.